The lowest BCUT2D eigenvalue weighted by Gasteiger charge is -2.16. The summed E-state index contributed by atoms with van der Waals surface area (Å²) in [7, 11) is 0. The smallest absolute Gasteiger partial charge is 0.260 e. The third kappa shape index (κ3) is 4.77. The molecule has 8 heteroatoms. The minimum Gasteiger partial charge on any atom is -0.355 e. The zero-order valence-electron chi connectivity index (χ0n) is 13.7. The maximum absolute atomic E-state index is 12.5. The number of pyridine rings is 1. The first-order valence-corrected chi connectivity index (χ1v) is 8.48. The lowest BCUT2D eigenvalue weighted by Crippen LogP contribution is -2.31. The Kier molecular flexibility index (Phi) is 5.88. The van der Waals surface area contributed by atoms with Crippen LogP contribution < -0.4 is 15.4 Å². The number of nitrogens with zero attached hydrogens (tertiary/aromatic N) is 1. The summed E-state index contributed by atoms with van der Waals surface area (Å²) in [5.41, 5.74) is 2.53. The van der Waals surface area contributed by atoms with E-state index in [2.05, 4.69) is 20.3 Å². The summed E-state index contributed by atoms with van der Waals surface area (Å²) in [5.74, 6) is -0.354. The largest absolute Gasteiger partial charge is 0.355 e. The first-order valence-electron chi connectivity index (χ1n) is 7.38. The number of hydrogen-bond donors (Lipinski definition) is 4. The molecule has 0 saturated carbocycles. The summed E-state index contributed by atoms with van der Waals surface area (Å²) in [6.45, 7) is 5.63. The number of carbonyl (C=O) groups excluding carboxylic acids is 1. The fourth-order valence-corrected chi connectivity index (χ4v) is 2.49. The number of aryl methyl sites for hydroxylation is 1. The van der Waals surface area contributed by atoms with Gasteiger partial charge in [-0.25, -0.2) is 9.19 Å². The van der Waals surface area contributed by atoms with Crippen LogP contribution in [0.1, 0.15) is 29.8 Å². The van der Waals surface area contributed by atoms with Gasteiger partial charge in [0.15, 0.2) is 5.82 Å². The van der Waals surface area contributed by atoms with Gasteiger partial charge in [0, 0.05) is 17.9 Å². The minimum absolute atomic E-state index is 0.0339. The van der Waals surface area contributed by atoms with Crippen molar-refractivity contribution in [3.63, 3.8) is 0 Å². The van der Waals surface area contributed by atoms with E-state index in [-0.39, 0.29) is 23.3 Å². The Morgan fingerprint density at radius 2 is 2.04 bits per heavy atom. The summed E-state index contributed by atoms with van der Waals surface area (Å²) in [5, 5.41) is 5.93. The van der Waals surface area contributed by atoms with Gasteiger partial charge in [0.1, 0.15) is 5.56 Å². The first-order chi connectivity index (χ1) is 11.4. The summed E-state index contributed by atoms with van der Waals surface area (Å²) in [6.07, 6.45) is 1.46. The summed E-state index contributed by atoms with van der Waals surface area (Å²) >= 11 is -2.33. The lowest BCUT2D eigenvalue weighted by molar-refractivity contribution is 0.0944. The second-order valence-corrected chi connectivity index (χ2v) is 6.26. The fourth-order valence-electron chi connectivity index (χ4n) is 2.17. The highest BCUT2D eigenvalue weighted by molar-refractivity contribution is 7.80. The van der Waals surface area contributed by atoms with Crippen molar-refractivity contribution < 1.29 is 13.6 Å². The third-order valence-electron chi connectivity index (χ3n) is 3.08. The summed E-state index contributed by atoms with van der Waals surface area (Å²) in [6, 6.07) is 9.22. The van der Waals surface area contributed by atoms with Crippen LogP contribution in [0.3, 0.4) is 0 Å². The molecule has 1 aromatic heterocycles. The van der Waals surface area contributed by atoms with E-state index in [1.807, 2.05) is 45.0 Å². The van der Waals surface area contributed by atoms with Crippen LogP contribution in [0.4, 0.5) is 17.2 Å². The molecule has 0 saturated heterocycles. The molecule has 0 bridgehead atoms. The Hall–Kier alpha value is -2.45. The molecule has 1 heterocycles. The van der Waals surface area contributed by atoms with E-state index >= 15 is 0 Å². The van der Waals surface area contributed by atoms with Crippen molar-refractivity contribution in [2.24, 2.45) is 0 Å². The van der Waals surface area contributed by atoms with Crippen LogP contribution in [0.2, 0.25) is 0 Å². The lowest BCUT2D eigenvalue weighted by atomic mass is 10.1. The number of anilines is 3. The molecule has 4 N–H and O–H groups in total. The van der Waals surface area contributed by atoms with Crippen molar-refractivity contribution in [1.29, 1.82) is 0 Å². The number of amides is 1. The highest BCUT2D eigenvalue weighted by Gasteiger charge is 2.19. The van der Waals surface area contributed by atoms with Crippen molar-refractivity contribution in [1.82, 2.24) is 10.3 Å². The zero-order valence-corrected chi connectivity index (χ0v) is 14.5. The van der Waals surface area contributed by atoms with Gasteiger partial charge in [-0.3, -0.25) is 14.1 Å². The van der Waals surface area contributed by atoms with E-state index in [0.29, 0.717) is 5.69 Å². The van der Waals surface area contributed by atoms with Gasteiger partial charge in [-0.15, -0.1) is 0 Å². The molecular weight excluding hydrogens is 328 g/mol. The normalized spacial score (nSPS) is 11.9. The van der Waals surface area contributed by atoms with Crippen LogP contribution in [0.5, 0.6) is 0 Å². The Morgan fingerprint density at radius 3 is 2.67 bits per heavy atom. The molecule has 0 spiro atoms. The van der Waals surface area contributed by atoms with Gasteiger partial charge in [-0.05, 0) is 44.5 Å². The first kappa shape index (κ1) is 17.9. The van der Waals surface area contributed by atoms with Crippen molar-refractivity contribution in [3.05, 3.63) is 47.7 Å². The van der Waals surface area contributed by atoms with Crippen LogP contribution in [0, 0.1) is 6.92 Å². The molecule has 128 valence electrons. The monoisotopic (exact) mass is 348 g/mol. The molecule has 1 aromatic carbocycles. The molecule has 0 aliphatic carbocycles. The molecule has 0 radical (unpaired) electrons. The SMILES string of the molecule is Cc1cccc(Nc2ccnc(NS(=O)O)c2C(=O)NC(C)C)c1. The second-order valence-electron chi connectivity index (χ2n) is 5.56. The number of benzene rings is 1. The topological polar surface area (TPSA) is 103 Å². The van der Waals surface area contributed by atoms with Crippen molar-refractivity contribution >= 4 is 34.4 Å². The maximum Gasteiger partial charge on any atom is 0.260 e. The number of nitrogens with one attached hydrogen (secondary N) is 3. The van der Waals surface area contributed by atoms with E-state index in [0.717, 1.165) is 11.3 Å². The average molecular weight is 348 g/mol. The Balaban J connectivity index is 2.45. The minimum atomic E-state index is -2.33. The maximum atomic E-state index is 12.5. The second kappa shape index (κ2) is 7.89. The quantitative estimate of drug-likeness (QED) is 0.601. The Morgan fingerprint density at radius 1 is 1.29 bits per heavy atom. The van der Waals surface area contributed by atoms with E-state index in [1.165, 1.54) is 6.20 Å². The zero-order chi connectivity index (χ0) is 17.7. The average Bonchev–Trinajstić information content (AvgIpc) is 2.46. The molecule has 7 nitrogen and oxygen atoms in total. The number of aromatic nitrogens is 1. The van der Waals surface area contributed by atoms with Gasteiger partial charge < -0.3 is 10.6 Å². The molecule has 0 aliphatic rings. The van der Waals surface area contributed by atoms with Gasteiger partial charge >= 0.3 is 0 Å². The summed E-state index contributed by atoms with van der Waals surface area (Å²) in [4.78, 5) is 16.5. The van der Waals surface area contributed by atoms with Crippen LogP contribution >= 0.6 is 0 Å². The van der Waals surface area contributed by atoms with Crippen molar-refractivity contribution in [3.8, 4) is 0 Å². The molecule has 2 aromatic rings. The molecule has 1 atom stereocenters. The van der Waals surface area contributed by atoms with Crippen LogP contribution in [-0.2, 0) is 11.3 Å². The summed E-state index contributed by atoms with van der Waals surface area (Å²) < 4.78 is 22.4. The predicted octanol–water partition coefficient (Wildman–Crippen LogP) is 2.82. The fraction of sp³-hybridized carbons (Fsp3) is 0.250. The van der Waals surface area contributed by atoms with E-state index in [4.69, 9.17) is 4.55 Å². The molecule has 2 rings (SSSR count). The van der Waals surface area contributed by atoms with Crippen molar-refractivity contribution in [2.45, 2.75) is 26.8 Å². The van der Waals surface area contributed by atoms with Crippen molar-refractivity contribution in [2.75, 3.05) is 10.0 Å². The number of hydrogen-bond acceptors (Lipinski definition) is 4. The highest BCUT2D eigenvalue weighted by atomic mass is 32.2. The number of rotatable bonds is 6. The molecule has 1 unspecified atom stereocenters. The van der Waals surface area contributed by atoms with Gasteiger partial charge in [0.2, 0.25) is 0 Å². The number of carbonyl (C=O) groups is 1. The Labute approximate surface area is 143 Å². The van der Waals surface area contributed by atoms with Gasteiger partial charge in [0.25, 0.3) is 17.2 Å². The third-order valence-corrected chi connectivity index (χ3v) is 3.45. The van der Waals surface area contributed by atoms with Crippen LogP contribution in [0.25, 0.3) is 0 Å². The van der Waals surface area contributed by atoms with E-state index in [9.17, 15) is 9.00 Å². The molecule has 24 heavy (non-hydrogen) atoms. The van der Waals surface area contributed by atoms with Crippen LogP contribution in [0.15, 0.2) is 36.5 Å². The van der Waals surface area contributed by atoms with E-state index in [1.54, 1.807) is 6.07 Å². The predicted molar refractivity (Wildman–Crippen MR) is 95.7 cm³/mol. The van der Waals surface area contributed by atoms with Gasteiger partial charge in [-0.1, -0.05) is 12.1 Å². The molecule has 0 fully saturated rings. The standard InChI is InChI=1S/C16H20N4O3S/c1-10(2)18-16(21)14-13(7-8-17-15(14)20-24(22)23)19-12-6-4-5-11(3)9-12/h4-10H,1-3H3,(H,18,21)(H,22,23)(H2,17,19,20). The Bertz CT molecular complexity index is 765. The van der Waals surface area contributed by atoms with Crippen LogP contribution in [-0.4, -0.2) is 25.7 Å². The molecule has 1 amide bonds. The highest BCUT2D eigenvalue weighted by Crippen LogP contribution is 2.26. The van der Waals surface area contributed by atoms with E-state index < -0.39 is 11.3 Å². The van der Waals surface area contributed by atoms with Gasteiger partial charge in [-0.2, -0.15) is 0 Å². The van der Waals surface area contributed by atoms with Gasteiger partial charge in [0.05, 0.1) is 5.69 Å². The molecular formula is C16H20N4O3S. The molecule has 0 aliphatic heterocycles.